The van der Waals surface area contributed by atoms with Crippen LogP contribution >= 0.6 is 0 Å². The number of carbonyl (C=O) groups is 1. The number of carbonyl (C=O) groups excluding carboxylic acids is 1. The van der Waals surface area contributed by atoms with E-state index < -0.39 is 0 Å². The number of hydrogen-bond acceptors (Lipinski definition) is 2. The smallest absolute Gasteiger partial charge is 0.244 e. The minimum atomic E-state index is -0.318. The van der Waals surface area contributed by atoms with Crippen LogP contribution in [0.15, 0.2) is 30.3 Å². The van der Waals surface area contributed by atoms with Crippen molar-refractivity contribution in [1.82, 2.24) is 5.32 Å². The molecule has 0 aromatic heterocycles. The Balaban J connectivity index is 2.44. The maximum absolute atomic E-state index is 12.8. The minimum Gasteiger partial charge on any atom is -0.383 e. The molecule has 0 aliphatic heterocycles. The number of nitrogens with one attached hydrogen (secondary N) is 1. The summed E-state index contributed by atoms with van der Waals surface area (Å²) in [5, 5.41) is 2.62. The van der Waals surface area contributed by atoms with Crippen LogP contribution in [0.25, 0.3) is 6.08 Å². The first-order valence-electron chi connectivity index (χ1n) is 4.93. The Morgan fingerprint density at radius 1 is 1.56 bits per heavy atom. The summed E-state index contributed by atoms with van der Waals surface area (Å²) < 4.78 is 17.6. The zero-order chi connectivity index (χ0) is 11.8. The first kappa shape index (κ1) is 12.4. The molecular weight excluding hydrogens is 209 g/mol. The Morgan fingerprint density at radius 3 is 3.06 bits per heavy atom. The van der Waals surface area contributed by atoms with Crippen molar-refractivity contribution in [2.24, 2.45) is 0 Å². The monoisotopic (exact) mass is 223 g/mol. The lowest BCUT2D eigenvalue weighted by Gasteiger charge is -1.99. The lowest BCUT2D eigenvalue weighted by atomic mass is 10.2. The van der Waals surface area contributed by atoms with Crippen LogP contribution in [-0.2, 0) is 9.53 Å². The zero-order valence-electron chi connectivity index (χ0n) is 9.07. The molecule has 0 aliphatic rings. The highest BCUT2D eigenvalue weighted by Gasteiger charge is 1.94. The van der Waals surface area contributed by atoms with Crippen molar-refractivity contribution in [3.8, 4) is 0 Å². The Bertz CT molecular complexity index is 377. The van der Waals surface area contributed by atoms with Crippen LogP contribution in [0, 0.1) is 5.82 Å². The number of ether oxygens (including phenoxy) is 1. The third-order valence-electron chi connectivity index (χ3n) is 1.88. The summed E-state index contributed by atoms with van der Waals surface area (Å²) in [5.41, 5.74) is 0.655. The molecule has 1 rings (SSSR count). The second-order valence-electron chi connectivity index (χ2n) is 3.17. The molecule has 86 valence electrons. The first-order valence-corrected chi connectivity index (χ1v) is 4.93. The number of benzene rings is 1. The van der Waals surface area contributed by atoms with Gasteiger partial charge in [-0.1, -0.05) is 12.1 Å². The predicted octanol–water partition coefficient (Wildman–Crippen LogP) is 1.60. The van der Waals surface area contributed by atoms with Gasteiger partial charge in [0.1, 0.15) is 5.82 Å². The van der Waals surface area contributed by atoms with Crippen LogP contribution in [0.2, 0.25) is 0 Å². The predicted molar refractivity (Wildman–Crippen MR) is 60.3 cm³/mol. The molecule has 3 nitrogen and oxygen atoms in total. The first-order chi connectivity index (χ1) is 7.72. The van der Waals surface area contributed by atoms with E-state index in [2.05, 4.69) is 5.32 Å². The molecule has 0 atom stereocenters. The number of methoxy groups -OCH3 is 1. The summed E-state index contributed by atoms with van der Waals surface area (Å²) >= 11 is 0. The van der Waals surface area contributed by atoms with Crippen molar-refractivity contribution >= 4 is 12.0 Å². The molecule has 0 saturated carbocycles. The van der Waals surface area contributed by atoms with E-state index in [1.807, 2.05) is 0 Å². The molecule has 16 heavy (non-hydrogen) atoms. The van der Waals surface area contributed by atoms with Gasteiger partial charge in [-0.15, -0.1) is 0 Å². The molecule has 4 heteroatoms. The van der Waals surface area contributed by atoms with E-state index in [1.165, 1.54) is 18.2 Å². The highest BCUT2D eigenvalue weighted by molar-refractivity contribution is 5.91. The van der Waals surface area contributed by atoms with Crippen molar-refractivity contribution in [2.75, 3.05) is 20.3 Å². The number of rotatable bonds is 5. The van der Waals surface area contributed by atoms with Gasteiger partial charge in [0.2, 0.25) is 5.91 Å². The van der Waals surface area contributed by atoms with Gasteiger partial charge < -0.3 is 10.1 Å². The molecule has 0 fully saturated rings. The number of halogens is 1. The molecule has 0 radical (unpaired) electrons. The van der Waals surface area contributed by atoms with Crippen LogP contribution in [0.5, 0.6) is 0 Å². The summed E-state index contributed by atoms with van der Waals surface area (Å²) in [6.07, 6.45) is 2.93. The van der Waals surface area contributed by atoms with Crippen molar-refractivity contribution in [1.29, 1.82) is 0 Å². The van der Waals surface area contributed by atoms with Crippen LogP contribution in [-0.4, -0.2) is 26.2 Å². The second kappa shape index (κ2) is 6.74. The molecule has 0 spiro atoms. The summed E-state index contributed by atoms with van der Waals surface area (Å²) in [6, 6.07) is 6.04. The Kier molecular flexibility index (Phi) is 5.22. The molecule has 0 aliphatic carbocycles. The normalized spacial score (nSPS) is 10.6. The molecule has 1 amide bonds. The van der Waals surface area contributed by atoms with Crippen LogP contribution in [0.4, 0.5) is 4.39 Å². The molecular formula is C12H14FNO2. The van der Waals surface area contributed by atoms with E-state index in [0.29, 0.717) is 18.7 Å². The lowest BCUT2D eigenvalue weighted by molar-refractivity contribution is -0.116. The van der Waals surface area contributed by atoms with Gasteiger partial charge in [0.15, 0.2) is 0 Å². The molecule has 1 aromatic rings. The van der Waals surface area contributed by atoms with Crippen molar-refractivity contribution < 1.29 is 13.9 Å². The third kappa shape index (κ3) is 4.70. The van der Waals surface area contributed by atoms with Crippen molar-refractivity contribution in [3.63, 3.8) is 0 Å². The Hall–Kier alpha value is -1.68. The van der Waals surface area contributed by atoms with Crippen LogP contribution in [0.1, 0.15) is 5.56 Å². The van der Waals surface area contributed by atoms with Gasteiger partial charge in [0, 0.05) is 19.7 Å². The lowest BCUT2D eigenvalue weighted by Crippen LogP contribution is -2.24. The fraction of sp³-hybridized carbons (Fsp3) is 0.250. The van der Waals surface area contributed by atoms with Gasteiger partial charge in [-0.25, -0.2) is 4.39 Å². The zero-order valence-corrected chi connectivity index (χ0v) is 9.07. The van der Waals surface area contributed by atoms with E-state index in [0.717, 1.165) is 0 Å². The largest absolute Gasteiger partial charge is 0.383 e. The van der Waals surface area contributed by atoms with E-state index in [1.54, 1.807) is 25.3 Å². The Labute approximate surface area is 93.9 Å². The molecule has 0 heterocycles. The fourth-order valence-electron chi connectivity index (χ4n) is 1.12. The maximum atomic E-state index is 12.8. The third-order valence-corrected chi connectivity index (χ3v) is 1.88. The van der Waals surface area contributed by atoms with Crippen molar-refractivity contribution in [2.45, 2.75) is 0 Å². The van der Waals surface area contributed by atoms with Gasteiger partial charge >= 0.3 is 0 Å². The van der Waals surface area contributed by atoms with E-state index in [-0.39, 0.29) is 11.7 Å². The number of amides is 1. The van der Waals surface area contributed by atoms with Gasteiger partial charge in [-0.05, 0) is 23.8 Å². The second-order valence-corrected chi connectivity index (χ2v) is 3.17. The van der Waals surface area contributed by atoms with Gasteiger partial charge in [-0.2, -0.15) is 0 Å². The molecule has 1 N–H and O–H groups in total. The standard InChI is InChI=1S/C12H14FNO2/c1-16-8-7-14-12(15)6-5-10-3-2-4-11(13)9-10/h2-6,9H,7-8H2,1H3,(H,14,15)/b6-5+. The van der Waals surface area contributed by atoms with E-state index in [4.69, 9.17) is 4.74 Å². The fourth-order valence-corrected chi connectivity index (χ4v) is 1.12. The number of hydrogen-bond donors (Lipinski definition) is 1. The highest BCUT2D eigenvalue weighted by Crippen LogP contribution is 2.04. The molecule has 0 saturated heterocycles. The summed E-state index contributed by atoms with van der Waals surface area (Å²) in [4.78, 5) is 11.2. The molecule has 0 bridgehead atoms. The highest BCUT2D eigenvalue weighted by atomic mass is 19.1. The average molecular weight is 223 g/mol. The topological polar surface area (TPSA) is 38.3 Å². The van der Waals surface area contributed by atoms with Gasteiger partial charge in [-0.3, -0.25) is 4.79 Å². The maximum Gasteiger partial charge on any atom is 0.244 e. The molecule has 0 unspecified atom stereocenters. The molecule has 1 aromatic carbocycles. The van der Waals surface area contributed by atoms with E-state index >= 15 is 0 Å². The SMILES string of the molecule is COCCNC(=O)/C=C/c1cccc(F)c1. The summed E-state index contributed by atoms with van der Waals surface area (Å²) in [6.45, 7) is 0.933. The van der Waals surface area contributed by atoms with Crippen LogP contribution < -0.4 is 5.32 Å². The van der Waals surface area contributed by atoms with Gasteiger partial charge in [0.05, 0.1) is 6.61 Å². The quantitative estimate of drug-likeness (QED) is 0.608. The van der Waals surface area contributed by atoms with E-state index in [9.17, 15) is 9.18 Å². The van der Waals surface area contributed by atoms with Crippen molar-refractivity contribution in [3.05, 3.63) is 41.7 Å². The van der Waals surface area contributed by atoms with Crippen LogP contribution in [0.3, 0.4) is 0 Å². The summed E-state index contributed by atoms with van der Waals surface area (Å²) in [7, 11) is 1.56. The van der Waals surface area contributed by atoms with Gasteiger partial charge in [0.25, 0.3) is 0 Å². The summed E-state index contributed by atoms with van der Waals surface area (Å²) in [5.74, 6) is -0.539. The average Bonchev–Trinajstić information content (AvgIpc) is 2.27. The minimum absolute atomic E-state index is 0.221. The Morgan fingerprint density at radius 2 is 2.38 bits per heavy atom.